The van der Waals surface area contributed by atoms with Crippen LogP contribution in [-0.2, 0) is 4.79 Å². The summed E-state index contributed by atoms with van der Waals surface area (Å²) in [6, 6.07) is 18.9. The molecule has 6 N–H and O–H groups in total. The molecule has 11 nitrogen and oxygen atoms in total. The van der Waals surface area contributed by atoms with Crippen molar-refractivity contribution in [2.75, 3.05) is 24.6 Å². The Hall–Kier alpha value is -3.94. The first-order chi connectivity index (χ1) is 20.7. The van der Waals surface area contributed by atoms with Crippen LogP contribution in [0.15, 0.2) is 71.7 Å². The smallest absolute Gasteiger partial charge is 0.488 e. The number of benzene rings is 3. The van der Waals surface area contributed by atoms with Gasteiger partial charge >= 0.3 is 7.12 Å². The number of fused-ring (bicyclic) bond motifs is 3. The fourth-order valence-corrected chi connectivity index (χ4v) is 5.37. The van der Waals surface area contributed by atoms with Crippen LogP contribution in [0, 0.1) is 0 Å². The Kier molecular flexibility index (Phi) is 9.64. The summed E-state index contributed by atoms with van der Waals surface area (Å²) < 4.78 is 6.04. The lowest BCUT2D eigenvalue weighted by molar-refractivity contribution is -0.121. The number of hydrogen-bond acceptors (Lipinski definition) is 9. The average molecular weight is 605 g/mol. The SMILES string of the molecule is CCNC(=O)CC1N=C(c2ccc(Cl)cc2)c2cc(OCCNC(=O)c3ccc(B(O)O)cc3)ccc2N2C(C)NNC12. The van der Waals surface area contributed by atoms with Crippen LogP contribution in [0.25, 0.3) is 0 Å². The second kappa shape index (κ2) is 13.6. The number of halogens is 1. The molecule has 0 spiro atoms. The van der Waals surface area contributed by atoms with Crippen molar-refractivity contribution in [3.8, 4) is 5.75 Å². The number of carbonyl (C=O) groups excluding carboxylic acids is 2. The van der Waals surface area contributed by atoms with Gasteiger partial charge in [0.25, 0.3) is 5.91 Å². The third-order valence-corrected chi connectivity index (χ3v) is 7.58. The number of anilines is 1. The van der Waals surface area contributed by atoms with Crippen LogP contribution in [-0.4, -0.2) is 72.8 Å². The summed E-state index contributed by atoms with van der Waals surface area (Å²) in [7, 11) is -1.59. The minimum atomic E-state index is -1.59. The van der Waals surface area contributed by atoms with E-state index in [0.717, 1.165) is 22.5 Å². The zero-order valence-electron chi connectivity index (χ0n) is 23.9. The normalized spacial score (nSPS) is 19.0. The maximum absolute atomic E-state index is 12.7. The Morgan fingerprint density at radius 2 is 1.79 bits per heavy atom. The molecule has 3 aromatic rings. The molecule has 1 saturated heterocycles. The topological polar surface area (TPSA) is 148 Å². The molecule has 2 heterocycles. The summed E-state index contributed by atoms with van der Waals surface area (Å²) in [5, 5.41) is 24.8. The molecule has 0 aliphatic carbocycles. The Morgan fingerprint density at radius 1 is 1.05 bits per heavy atom. The highest BCUT2D eigenvalue weighted by molar-refractivity contribution is 6.58. The Labute approximate surface area is 255 Å². The van der Waals surface area contributed by atoms with E-state index in [1.165, 1.54) is 24.3 Å². The number of rotatable bonds is 10. The quantitative estimate of drug-likeness (QED) is 0.149. The molecule has 224 valence electrons. The fraction of sp³-hybridized carbons (Fsp3) is 0.300. The zero-order valence-corrected chi connectivity index (χ0v) is 24.6. The van der Waals surface area contributed by atoms with Gasteiger partial charge in [-0.3, -0.25) is 14.6 Å². The molecule has 0 bridgehead atoms. The van der Waals surface area contributed by atoms with Gasteiger partial charge in [0.15, 0.2) is 0 Å². The number of aliphatic imine (C=N–C) groups is 1. The summed E-state index contributed by atoms with van der Waals surface area (Å²) in [5.41, 5.74) is 10.7. The van der Waals surface area contributed by atoms with Crippen LogP contribution in [0.2, 0.25) is 5.02 Å². The van der Waals surface area contributed by atoms with Gasteiger partial charge in [0.1, 0.15) is 18.5 Å². The van der Waals surface area contributed by atoms with Gasteiger partial charge in [-0.1, -0.05) is 35.9 Å². The van der Waals surface area contributed by atoms with Crippen LogP contribution < -0.4 is 36.6 Å². The van der Waals surface area contributed by atoms with Crippen molar-refractivity contribution in [3.63, 3.8) is 0 Å². The van der Waals surface area contributed by atoms with Gasteiger partial charge < -0.3 is 30.3 Å². The van der Waals surface area contributed by atoms with Gasteiger partial charge in [-0.05, 0) is 61.8 Å². The summed E-state index contributed by atoms with van der Waals surface area (Å²) in [4.78, 5) is 32.6. The van der Waals surface area contributed by atoms with Crippen molar-refractivity contribution in [2.24, 2.45) is 4.99 Å². The third-order valence-electron chi connectivity index (χ3n) is 7.33. The zero-order chi connectivity index (χ0) is 30.5. The third kappa shape index (κ3) is 7.01. The van der Waals surface area contributed by atoms with Crippen LogP contribution in [0.1, 0.15) is 41.8 Å². The Bertz CT molecular complexity index is 1490. The largest absolute Gasteiger partial charge is 0.492 e. The molecule has 3 atom stereocenters. The highest BCUT2D eigenvalue weighted by Crippen LogP contribution is 2.36. The number of nitrogens with one attached hydrogen (secondary N) is 4. The minimum Gasteiger partial charge on any atom is -0.492 e. The molecule has 13 heteroatoms. The number of hydrazine groups is 1. The van der Waals surface area contributed by atoms with Crippen molar-refractivity contribution < 1.29 is 24.4 Å². The van der Waals surface area contributed by atoms with Crippen molar-refractivity contribution in [1.29, 1.82) is 0 Å². The maximum atomic E-state index is 12.7. The first kappa shape index (κ1) is 30.5. The molecule has 0 aromatic heterocycles. The molecular weight excluding hydrogens is 571 g/mol. The molecule has 5 rings (SSSR count). The average Bonchev–Trinajstić information content (AvgIpc) is 3.32. The number of carbonyl (C=O) groups is 2. The molecule has 1 fully saturated rings. The molecule has 0 radical (unpaired) electrons. The summed E-state index contributed by atoms with van der Waals surface area (Å²) in [6.07, 6.45) is -0.136. The summed E-state index contributed by atoms with van der Waals surface area (Å²) in [6.45, 7) is 4.95. The second-order valence-corrected chi connectivity index (χ2v) is 10.7. The van der Waals surface area contributed by atoms with E-state index in [2.05, 4.69) is 26.4 Å². The predicted molar refractivity (Wildman–Crippen MR) is 167 cm³/mol. The van der Waals surface area contributed by atoms with E-state index in [9.17, 15) is 19.6 Å². The van der Waals surface area contributed by atoms with Crippen molar-refractivity contribution in [1.82, 2.24) is 21.5 Å². The van der Waals surface area contributed by atoms with E-state index in [-0.39, 0.29) is 43.7 Å². The molecule has 3 unspecified atom stereocenters. The molecular formula is C30H34BClN6O5. The maximum Gasteiger partial charge on any atom is 0.488 e. The van der Waals surface area contributed by atoms with Crippen LogP contribution >= 0.6 is 11.6 Å². The predicted octanol–water partition coefficient (Wildman–Crippen LogP) is 1.16. The molecule has 2 aliphatic rings. The van der Waals surface area contributed by atoms with Gasteiger partial charge in [-0.25, -0.2) is 10.9 Å². The molecule has 43 heavy (non-hydrogen) atoms. The van der Waals surface area contributed by atoms with Gasteiger partial charge in [-0.2, -0.15) is 0 Å². The van der Waals surface area contributed by atoms with E-state index in [0.29, 0.717) is 28.3 Å². The number of nitrogens with zero attached hydrogens (tertiary/aromatic N) is 2. The van der Waals surface area contributed by atoms with E-state index in [4.69, 9.17) is 21.3 Å². The summed E-state index contributed by atoms with van der Waals surface area (Å²) >= 11 is 6.20. The molecule has 0 saturated carbocycles. The van der Waals surface area contributed by atoms with Gasteiger partial charge in [0.05, 0.1) is 30.9 Å². The van der Waals surface area contributed by atoms with E-state index in [1.807, 2.05) is 56.3 Å². The molecule has 3 aromatic carbocycles. The standard InChI is InChI=1S/C30H34BClN6O5/c1-3-33-27(39)17-25-29-37-36-18(2)38(29)26-13-12-23(16-24(26)28(35-25)19-6-10-22(32)11-7-19)43-15-14-34-30(40)20-4-8-21(9-5-20)31(41)42/h4-13,16,18,25,29,36-37,41-42H,3,14-15,17H2,1-2H3,(H,33,39)(H,34,40). The van der Waals surface area contributed by atoms with Crippen LogP contribution in [0.3, 0.4) is 0 Å². The fourth-order valence-electron chi connectivity index (χ4n) is 5.25. The van der Waals surface area contributed by atoms with Gasteiger partial charge in [0, 0.05) is 33.9 Å². The minimum absolute atomic E-state index is 0.0723. The van der Waals surface area contributed by atoms with Crippen molar-refractivity contribution in [2.45, 2.75) is 38.6 Å². The monoisotopic (exact) mass is 604 g/mol. The summed E-state index contributed by atoms with van der Waals surface area (Å²) in [5.74, 6) is 0.225. The number of amides is 2. The lowest BCUT2D eigenvalue weighted by Crippen LogP contribution is -2.47. The van der Waals surface area contributed by atoms with Crippen LogP contribution in [0.4, 0.5) is 5.69 Å². The second-order valence-electron chi connectivity index (χ2n) is 10.3. The Balaban J connectivity index is 1.38. The lowest BCUT2D eigenvalue weighted by Gasteiger charge is -2.31. The van der Waals surface area contributed by atoms with E-state index < -0.39 is 13.2 Å². The number of ether oxygens (including phenoxy) is 1. The first-order valence-electron chi connectivity index (χ1n) is 14.2. The van der Waals surface area contributed by atoms with Gasteiger partial charge in [-0.15, -0.1) is 0 Å². The van der Waals surface area contributed by atoms with Crippen molar-refractivity contribution >= 4 is 47.4 Å². The number of hydrogen-bond donors (Lipinski definition) is 6. The van der Waals surface area contributed by atoms with E-state index in [1.54, 1.807) is 0 Å². The van der Waals surface area contributed by atoms with E-state index >= 15 is 0 Å². The van der Waals surface area contributed by atoms with Crippen LogP contribution in [0.5, 0.6) is 5.75 Å². The molecule has 2 amide bonds. The first-order valence-corrected chi connectivity index (χ1v) is 14.5. The highest BCUT2D eigenvalue weighted by Gasteiger charge is 2.40. The van der Waals surface area contributed by atoms with Gasteiger partial charge in [0.2, 0.25) is 5.91 Å². The lowest BCUT2D eigenvalue weighted by atomic mass is 9.80. The highest BCUT2D eigenvalue weighted by atomic mass is 35.5. The molecule has 2 aliphatic heterocycles. The Morgan fingerprint density at radius 3 is 2.49 bits per heavy atom. The van der Waals surface area contributed by atoms with Crippen molar-refractivity contribution in [3.05, 3.63) is 88.4 Å².